The SMILES string of the molecule is CC(C)(C)OC(=O)OC1=CC=CC(I)C=C1. The van der Waals surface area contributed by atoms with Gasteiger partial charge in [-0.2, -0.15) is 0 Å². The molecule has 0 aliphatic heterocycles. The summed E-state index contributed by atoms with van der Waals surface area (Å²) in [6.07, 6.45) is 8.63. The van der Waals surface area contributed by atoms with Crippen molar-refractivity contribution in [2.75, 3.05) is 0 Å². The second-order valence-electron chi connectivity index (χ2n) is 4.32. The van der Waals surface area contributed by atoms with E-state index in [1.165, 1.54) is 0 Å². The third-order valence-electron chi connectivity index (χ3n) is 1.59. The fourth-order valence-corrected chi connectivity index (χ4v) is 1.45. The number of alkyl halides is 1. The summed E-state index contributed by atoms with van der Waals surface area (Å²) in [5.74, 6) is 0.490. The molecule has 88 valence electrons. The van der Waals surface area contributed by atoms with E-state index in [0.717, 1.165) is 0 Å². The third-order valence-corrected chi connectivity index (χ3v) is 2.42. The molecule has 0 N–H and O–H groups in total. The number of halogens is 1. The van der Waals surface area contributed by atoms with E-state index in [9.17, 15) is 4.79 Å². The van der Waals surface area contributed by atoms with E-state index in [0.29, 0.717) is 9.68 Å². The zero-order valence-electron chi connectivity index (χ0n) is 9.57. The Balaban J connectivity index is 2.55. The number of rotatable bonds is 1. The molecule has 0 aromatic heterocycles. The lowest BCUT2D eigenvalue weighted by Crippen LogP contribution is -2.24. The quantitative estimate of drug-likeness (QED) is 0.416. The highest BCUT2D eigenvalue weighted by Gasteiger charge is 2.18. The smallest absolute Gasteiger partial charge is 0.428 e. The van der Waals surface area contributed by atoms with Gasteiger partial charge in [0.2, 0.25) is 0 Å². The van der Waals surface area contributed by atoms with Gasteiger partial charge < -0.3 is 9.47 Å². The van der Waals surface area contributed by atoms with Crippen molar-refractivity contribution in [3.05, 3.63) is 36.1 Å². The normalized spacial score (nSPS) is 20.0. The summed E-state index contributed by atoms with van der Waals surface area (Å²) in [5.41, 5.74) is -0.534. The molecule has 0 saturated carbocycles. The van der Waals surface area contributed by atoms with Crippen molar-refractivity contribution in [2.45, 2.75) is 30.3 Å². The van der Waals surface area contributed by atoms with Crippen molar-refractivity contribution in [1.29, 1.82) is 0 Å². The number of ether oxygens (including phenoxy) is 2. The Morgan fingerprint density at radius 3 is 2.69 bits per heavy atom. The maximum absolute atomic E-state index is 11.4. The van der Waals surface area contributed by atoms with Gasteiger partial charge in [0.05, 0.1) is 0 Å². The van der Waals surface area contributed by atoms with E-state index < -0.39 is 11.8 Å². The molecule has 1 aliphatic rings. The lowest BCUT2D eigenvalue weighted by molar-refractivity contribution is 0.00792. The predicted octanol–water partition coefficient (Wildman–Crippen LogP) is 3.75. The number of carbonyl (C=O) groups is 1. The zero-order valence-corrected chi connectivity index (χ0v) is 11.7. The van der Waals surface area contributed by atoms with E-state index in [4.69, 9.17) is 9.47 Å². The molecule has 0 fully saturated rings. The fraction of sp³-hybridized carbons (Fsp3) is 0.417. The van der Waals surface area contributed by atoms with E-state index in [1.54, 1.807) is 32.9 Å². The first-order valence-corrected chi connectivity index (χ1v) is 6.23. The molecule has 0 saturated heterocycles. The molecular weight excluding hydrogens is 319 g/mol. The van der Waals surface area contributed by atoms with Crippen molar-refractivity contribution < 1.29 is 14.3 Å². The molecule has 0 aromatic rings. The number of carbonyl (C=O) groups excluding carboxylic acids is 1. The minimum Gasteiger partial charge on any atom is -0.428 e. The first kappa shape index (κ1) is 13.3. The van der Waals surface area contributed by atoms with Crippen LogP contribution < -0.4 is 0 Å². The number of hydrogen-bond donors (Lipinski definition) is 0. The van der Waals surface area contributed by atoms with Gasteiger partial charge in [0.1, 0.15) is 11.4 Å². The fourth-order valence-electron chi connectivity index (χ4n) is 0.998. The summed E-state index contributed by atoms with van der Waals surface area (Å²) in [6.45, 7) is 5.39. The van der Waals surface area contributed by atoms with Gasteiger partial charge in [0.25, 0.3) is 0 Å². The van der Waals surface area contributed by atoms with Crippen molar-refractivity contribution in [1.82, 2.24) is 0 Å². The van der Waals surface area contributed by atoms with Gasteiger partial charge in [0.15, 0.2) is 0 Å². The highest BCUT2D eigenvalue weighted by atomic mass is 127. The van der Waals surface area contributed by atoms with Crippen LogP contribution in [0.4, 0.5) is 4.79 Å². The van der Waals surface area contributed by atoms with Gasteiger partial charge in [-0.05, 0) is 32.9 Å². The van der Waals surface area contributed by atoms with Crippen LogP contribution in [0.2, 0.25) is 0 Å². The van der Waals surface area contributed by atoms with E-state index in [-0.39, 0.29) is 0 Å². The maximum atomic E-state index is 11.4. The van der Waals surface area contributed by atoms with Crippen LogP contribution in [0.25, 0.3) is 0 Å². The molecule has 1 rings (SSSR count). The van der Waals surface area contributed by atoms with Gasteiger partial charge in [-0.3, -0.25) is 0 Å². The van der Waals surface area contributed by atoms with Crippen molar-refractivity contribution in [3.8, 4) is 0 Å². The Kier molecular flexibility index (Phi) is 4.58. The summed E-state index contributed by atoms with van der Waals surface area (Å²) >= 11 is 2.27. The second-order valence-corrected chi connectivity index (χ2v) is 5.76. The molecule has 3 nitrogen and oxygen atoms in total. The van der Waals surface area contributed by atoms with Gasteiger partial charge in [-0.25, -0.2) is 4.79 Å². The zero-order chi connectivity index (χ0) is 12.2. The molecule has 1 aliphatic carbocycles. The number of allylic oxidation sites excluding steroid dienone is 5. The van der Waals surface area contributed by atoms with E-state index in [2.05, 4.69) is 22.6 Å². The highest BCUT2D eigenvalue weighted by Crippen LogP contribution is 2.15. The summed E-state index contributed by atoms with van der Waals surface area (Å²) in [6, 6.07) is 0. The van der Waals surface area contributed by atoms with Gasteiger partial charge in [-0.1, -0.05) is 40.8 Å². The Bertz CT molecular complexity index is 348. The van der Waals surface area contributed by atoms with Crippen LogP contribution >= 0.6 is 22.6 Å². The summed E-state index contributed by atoms with van der Waals surface area (Å²) in [5, 5.41) is 0. The van der Waals surface area contributed by atoms with Crippen LogP contribution in [-0.4, -0.2) is 15.7 Å². The molecule has 0 radical (unpaired) electrons. The molecule has 0 bridgehead atoms. The highest BCUT2D eigenvalue weighted by molar-refractivity contribution is 14.1. The lowest BCUT2D eigenvalue weighted by Gasteiger charge is -2.18. The molecule has 0 heterocycles. The van der Waals surface area contributed by atoms with Crippen LogP contribution in [0.3, 0.4) is 0 Å². The Morgan fingerprint density at radius 2 is 2.06 bits per heavy atom. The molecule has 16 heavy (non-hydrogen) atoms. The first-order chi connectivity index (χ1) is 7.37. The molecular formula is C12H15IO3. The molecule has 0 aromatic carbocycles. The van der Waals surface area contributed by atoms with Crippen molar-refractivity contribution in [3.63, 3.8) is 0 Å². The minimum absolute atomic E-state index is 0.314. The average molecular weight is 334 g/mol. The predicted molar refractivity (Wildman–Crippen MR) is 71.5 cm³/mol. The van der Waals surface area contributed by atoms with Gasteiger partial charge in [-0.15, -0.1) is 0 Å². The maximum Gasteiger partial charge on any atom is 0.514 e. The molecule has 4 heteroatoms. The topological polar surface area (TPSA) is 35.5 Å². The summed E-state index contributed by atoms with van der Waals surface area (Å²) in [7, 11) is 0. The van der Waals surface area contributed by atoms with Crippen LogP contribution in [0.5, 0.6) is 0 Å². The number of hydrogen-bond acceptors (Lipinski definition) is 3. The first-order valence-electron chi connectivity index (χ1n) is 4.98. The van der Waals surface area contributed by atoms with Gasteiger partial charge >= 0.3 is 6.16 Å². The average Bonchev–Trinajstić information content (AvgIpc) is 2.27. The summed E-state index contributed by atoms with van der Waals surface area (Å²) < 4.78 is 10.4. The Labute approximate surface area is 109 Å². The van der Waals surface area contributed by atoms with Crippen LogP contribution in [0.15, 0.2) is 36.1 Å². The van der Waals surface area contributed by atoms with E-state index in [1.807, 2.05) is 18.2 Å². The monoisotopic (exact) mass is 334 g/mol. The Morgan fingerprint density at radius 1 is 1.38 bits per heavy atom. The van der Waals surface area contributed by atoms with Crippen molar-refractivity contribution >= 4 is 28.7 Å². The van der Waals surface area contributed by atoms with Crippen LogP contribution in [-0.2, 0) is 9.47 Å². The third kappa shape index (κ3) is 5.34. The van der Waals surface area contributed by atoms with E-state index >= 15 is 0 Å². The standard InChI is InChI=1S/C12H15IO3/c1-12(2,3)16-11(14)15-10-6-4-5-9(13)7-8-10/h4-9H,1-3H3. The molecule has 0 amide bonds. The van der Waals surface area contributed by atoms with Crippen LogP contribution in [0, 0.1) is 0 Å². The molecule has 0 spiro atoms. The lowest BCUT2D eigenvalue weighted by atomic mass is 10.2. The molecule has 1 unspecified atom stereocenters. The largest absolute Gasteiger partial charge is 0.514 e. The van der Waals surface area contributed by atoms with Gasteiger partial charge in [0, 0.05) is 3.92 Å². The second kappa shape index (κ2) is 5.52. The minimum atomic E-state index is -0.677. The van der Waals surface area contributed by atoms with Crippen LogP contribution in [0.1, 0.15) is 20.8 Å². The summed E-state index contributed by atoms with van der Waals surface area (Å²) in [4.78, 5) is 11.4. The Hall–Kier alpha value is -0.780. The van der Waals surface area contributed by atoms with Crippen molar-refractivity contribution in [2.24, 2.45) is 0 Å². The molecule has 1 atom stereocenters.